The molecule has 0 bridgehead atoms. The standard InChI is InChI=1S/C24H22N2O4/c27-22-13-19(14-25-11-9-17-5-1-3-7-20(17)25)29-15-23(22)30-16-24(28)26-12-10-18-6-2-4-8-21(18)26/h1-8,13,15H,9-12,14,16H2. The van der Waals surface area contributed by atoms with Gasteiger partial charge in [-0.3, -0.25) is 9.59 Å². The lowest BCUT2D eigenvalue weighted by atomic mass is 10.2. The highest BCUT2D eigenvalue weighted by atomic mass is 16.5. The lowest BCUT2D eigenvalue weighted by molar-refractivity contribution is -0.120. The van der Waals surface area contributed by atoms with Crippen LogP contribution in [0.15, 0.2) is 70.1 Å². The average Bonchev–Trinajstić information content (AvgIpc) is 3.38. The third-order valence-corrected chi connectivity index (χ3v) is 5.72. The number of hydrogen-bond donors (Lipinski definition) is 0. The predicted octanol–water partition coefficient (Wildman–Crippen LogP) is 3.17. The normalized spacial score (nSPS) is 14.5. The highest BCUT2D eigenvalue weighted by Crippen LogP contribution is 2.29. The van der Waals surface area contributed by atoms with E-state index in [9.17, 15) is 9.59 Å². The van der Waals surface area contributed by atoms with E-state index in [1.54, 1.807) is 4.90 Å². The van der Waals surface area contributed by atoms with Gasteiger partial charge in [0.25, 0.3) is 5.91 Å². The van der Waals surface area contributed by atoms with E-state index in [2.05, 4.69) is 17.0 Å². The molecule has 6 nitrogen and oxygen atoms in total. The second-order valence-corrected chi connectivity index (χ2v) is 7.59. The van der Waals surface area contributed by atoms with Gasteiger partial charge in [0.1, 0.15) is 12.0 Å². The predicted molar refractivity (Wildman–Crippen MR) is 114 cm³/mol. The van der Waals surface area contributed by atoms with Crippen molar-refractivity contribution < 1.29 is 13.9 Å². The molecule has 1 aromatic heterocycles. The Bertz CT molecular complexity index is 1150. The van der Waals surface area contributed by atoms with E-state index in [0.717, 1.165) is 30.6 Å². The minimum Gasteiger partial charge on any atom is -0.477 e. The molecule has 0 saturated carbocycles. The Morgan fingerprint density at radius 2 is 1.67 bits per heavy atom. The summed E-state index contributed by atoms with van der Waals surface area (Å²) in [5.41, 5.74) is 4.27. The van der Waals surface area contributed by atoms with Crippen molar-refractivity contribution >= 4 is 17.3 Å². The number of nitrogens with zero attached hydrogens (tertiary/aromatic N) is 2. The molecule has 30 heavy (non-hydrogen) atoms. The molecule has 5 rings (SSSR count). The summed E-state index contributed by atoms with van der Waals surface area (Å²) in [6, 6.07) is 17.5. The number of amides is 1. The number of carbonyl (C=O) groups is 1. The molecule has 2 aromatic carbocycles. The zero-order valence-corrected chi connectivity index (χ0v) is 16.5. The SMILES string of the molecule is O=C(COc1coc(CN2CCc3ccccc32)cc1=O)N1CCc2ccccc21. The minimum absolute atomic E-state index is 0.0569. The second-order valence-electron chi connectivity index (χ2n) is 7.59. The number of anilines is 2. The number of para-hydroxylation sites is 2. The zero-order valence-electron chi connectivity index (χ0n) is 16.5. The van der Waals surface area contributed by atoms with Gasteiger partial charge in [-0.2, -0.15) is 0 Å². The number of fused-ring (bicyclic) bond motifs is 2. The van der Waals surface area contributed by atoms with Gasteiger partial charge in [0.2, 0.25) is 11.2 Å². The Morgan fingerprint density at radius 3 is 2.47 bits per heavy atom. The van der Waals surface area contributed by atoms with Crippen LogP contribution in [0, 0.1) is 0 Å². The van der Waals surface area contributed by atoms with E-state index in [-0.39, 0.29) is 23.7 Å². The van der Waals surface area contributed by atoms with Crippen LogP contribution in [0.5, 0.6) is 5.75 Å². The summed E-state index contributed by atoms with van der Waals surface area (Å²) in [6.07, 6.45) is 3.13. The fraction of sp³-hybridized carbons (Fsp3) is 0.250. The number of benzene rings is 2. The molecule has 152 valence electrons. The summed E-state index contributed by atoms with van der Waals surface area (Å²) in [7, 11) is 0. The molecule has 0 atom stereocenters. The topological polar surface area (TPSA) is 63.0 Å². The van der Waals surface area contributed by atoms with E-state index in [1.807, 2.05) is 36.4 Å². The molecule has 0 spiro atoms. The van der Waals surface area contributed by atoms with E-state index in [0.29, 0.717) is 18.8 Å². The number of rotatable bonds is 5. The molecular weight excluding hydrogens is 380 g/mol. The lowest BCUT2D eigenvalue weighted by Gasteiger charge is -2.19. The molecule has 3 heterocycles. The van der Waals surface area contributed by atoms with Crippen molar-refractivity contribution in [3.8, 4) is 5.75 Å². The van der Waals surface area contributed by atoms with Crippen LogP contribution >= 0.6 is 0 Å². The van der Waals surface area contributed by atoms with Gasteiger partial charge in [0, 0.05) is 30.5 Å². The Labute approximate surface area is 174 Å². The van der Waals surface area contributed by atoms with Crippen molar-refractivity contribution in [2.45, 2.75) is 19.4 Å². The van der Waals surface area contributed by atoms with E-state index in [1.165, 1.54) is 23.6 Å². The smallest absolute Gasteiger partial charge is 0.264 e. The fourth-order valence-electron chi connectivity index (χ4n) is 4.20. The third-order valence-electron chi connectivity index (χ3n) is 5.72. The molecule has 0 N–H and O–H groups in total. The summed E-state index contributed by atoms with van der Waals surface area (Å²) in [5, 5.41) is 0. The Balaban J connectivity index is 1.23. The van der Waals surface area contributed by atoms with Crippen molar-refractivity contribution in [1.29, 1.82) is 0 Å². The highest BCUT2D eigenvalue weighted by molar-refractivity contribution is 5.96. The molecule has 0 aliphatic carbocycles. The van der Waals surface area contributed by atoms with Gasteiger partial charge in [-0.05, 0) is 36.1 Å². The van der Waals surface area contributed by atoms with Crippen LogP contribution in [-0.4, -0.2) is 25.6 Å². The molecule has 1 amide bonds. The van der Waals surface area contributed by atoms with Crippen molar-refractivity contribution in [3.63, 3.8) is 0 Å². The van der Waals surface area contributed by atoms with Crippen LogP contribution in [0.1, 0.15) is 16.9 Å². The maximum absolute atomic E-state index is 12.6. The van der Waals surface area contributed by atoms with Gasteiger partial charge in [-0.1, -0.05) is 36.4 Å². The molecule has 3 aromatic rings. The molecular formula is C24H22N2O4. The second kappa shape index (κ2) is 7.71. The Morgan fingerprint density at radius 1 is 0.967 bits per heavy atom. The van der Waals surface area contributed by atoms with Crippen LogP contribution in [0.3, 0.4) is 0 Å². The zero-order chi connectivity index (χ0) is 20.5. The largest absolute Gasteiger partial charge is 0.477 e. The third kappa shape index (κ3) is 3.45. The van der Waals surface area contributed by atoms with Crippen LogP contribution in [-0.2, 0) is 24.2 Å². The van der Waals surface area contributed by atoms with Gasteiger partial charge in [-0.15, -0.1) is 0 Å². The molecule has 2 aliphatic rings. The number of ether oxygens (including phenoxy) is 1. The quantitative estimate of drug-likeness (QED) is 0.656. The maximum atomic E-state index is 12.6. The number of carbonyl (C=O) groups excluding carboxylic acids is 1. The van der Waals surface area contributed by atoms with E-state index >= 15 is 0 Å². The van der Waals surface area contributed by atoms with Crippen LogP contribution in [0.25, 0.3) is 0 Å². The monoisotopic (exact) mass is 402 g/mol. The first kappa shape index (κ1) is 18.5. The highest BCUT2D eigenvalue weighted by Gasteiger charge is 2.25. The molecule has 0 radical (unpaired) electrons. The first-order valence-corrected chi connectivity index (χ1v) is 10.1. The average molecular weight is 402 g/mol. The first-order chi connectivity index (χ1) is 14.7. The molecule has 0 fully saturated rings. The maximum Gasteiger partial charge on any atom is 0.264 e. The van der Waals surface area contributed by atoms with Gasteiger partial charge >= 0.3 is 0 Å². The Hall–Kier alpha value is -3.54. The van der Waals surface area contributed by atoms with Crippen molar-refractivity contribution in [2.24, 2.45) is 0 Å². The van der Waals surface area contributed by atoms with Gasteiger partial charge < -0.3 is 19.0 Å². The van der Waals surface area contributed by atoms with E-state index in [4.69, 9.17) is 9.15 Å². The molecule has 2 aliphatic heterocycles. The van der Waals surface area contributed by atoms with Crippen molar-refractivity contribution in [3.05, 3.63) is 88.0 Å². The Kier molecular flexibility index (Phi) is 4.75. The summed E-state index contributed by atoms with van der Waals surface area (Å²) < 4.78 is 11.1. The first-order valence-electron chi connectivity index (χ1n) is 10.1. The van der Waals surface area contributed by atoms with Crippen LogP contribution in [0.4, 0.5) is 11.4 Å². The summed E-state index contributed by atoms with van der Waals surface area (Å²) >= 11 is 0. The molecule has 0 unspecified atom stereocenters. The van der Waals surface area contributed by atoms with Gasteiger partial charge in [0.05, 0.1) is 6.54 Å². The van der Waals surface area contributed by atoms with Crippen LogP contribution in [0.2, 0.25) is 0 Å². The minimum atomic E-state index is -0.279. The van der Waals surface area contributed by atoms with Crippen LogP contribution < -0.4 is 20.0 Å². The fourth-order valence-corrected chi connectivity index (χ4v) is 4.20. The summed E-state index contributed by atoms with van der Waals surface area (Å²) in [5.74, 6) is 0.461. The van der Waals surface area contributed by atoms with Gasteiger partial charge in [0.15, 0.2) is 6.61 Å². The molecule has 6 heteroatoms. The lowest BCUT2D eigenvalue weighted by Crippen LogP contribution is -2.33. The number of hydrogen-bond acceptors (Lipinski definition) is 5. The van der Waals surface area contributed by atoms with E-state index < -0.39 is 0 Å². The van der Waals surface area contributed by atoms with Crippen molar-refractivity contribution in [2.75, 3.05) is 29.5 Å². The summed E-state index contributed by atoms with van der Waals surface area (Å²) in [4.78, 5) is 28.9. The van der Waals surface area contributed by atoms with Gasteiger partial charge in [-0.25, -0.2) is 0 Å². The van der Waals surface area contributed by atoms with Crippen molar-refractivity contribution in [1.82, 2.24) is 0 Å². The summed E-state index contributed by atoms with van der Waals surface area (Å²) in [6.45, 7) is 1.85. The molecule has 0 saturated heterocycles.